The fourth-order valence-electron chi connectivity index (χ4n) is 2.35. The molecule has 5 nitrogen and oxygen atoms in total. The predicted octanol–water partition coefficient (Wildman–Crippen LogP) is 2.18. The average molecular weight is 280 g/mol. The van der Waals surface area contributed by atoms with E-state index >= 15 is 0 Å². The summed E-state index contributed by atoms with van der Waals surface area (Å²) in [6.07, 6.45) is 0.0792. The van der Waals surface area contributed by atoms with E-state index in [2.05, 4.69) is 0 Å². The van der Waals surface area contributed by atoms with Gasteiger partial charge in [-0.3, -0.25) is 9.69 Å². The number of amides is 2. The van der Waals surface area contributed by atoms with Crippen molar-refractivity contribution in [2.24, 2.45) is 5.92 Å². The lowest BCUT2D eigenvalue weighted by molar-refractivity contribution is -0.139. The highest BCUT2D eigenvalue weighted by Crippen LogP contribution is 2.23. The molecule has 0 spiro atoms. The molecule has 0 bridgehead atoms. The molecule has 2 amide bonds. The summed E-state index contributed by atoms with van der Waals surface area (Å²) in [7, 11) is 0. The fourth-order valence-corrected chi connectivity index (χ4v) is 2.35. The Balaban J connectivity index is 1.99. The van der Waals surface area contributed by atoms with Crippen LogP contribution in [0.4, 0.5) is 14.9 Å². The summed E-state index contributed by atoms with van der Waals surface area (Å²) in [6.45, 7) is 3.13. The van der Waals surface area contributed by atoms with E-state index in [1.54, 1.807) is 17.0 Å². The molecule has 6 heteroatoms. The van der Waals surface area contributed by atoms with Crippen LogP contribution < -0.4 is 4.90 Å². The van der Waals surface area contributed by atoms with Crippen molar-refractivity contribution in [3.63, 3.8) is 0 Å². The van der Waals surface area contributed by atoms with Crippen LogP contribution >= 0.6 is 0 Å². The van der Waals surface area contributed by atoms with Gasteiger partial charge in [-0.25, -0.2) is 9.18 Å². The first-order valence-corrected chi connectivity index (χ1v) is 6.55. The summed E-state index contributed by atoms with van der Waals surface area (Å²) in [4.78, 5) is 25.9. The normalized spacial score (nSPS) is 14.8. The van der Waals surface area contributed by atoms with Gasteiger partial charge >= 0.3 is 12.0 Å². The number of nitrogens with zero attached hydrogens (tertiary/aromatic N) is 2. The molecule has 2 rings (SSSR count). The van der Waals surface area contributed by atoms with E-state index in [1.807, 2.05) is 6.92 Å². The van der Waals surface area contributed by atoms with Crippen molar-refractivity contribution in [3.8, 4) is 0 Å². The molecule has 1 aromatic rings. The highest BCUT2D eigenvalue weighted by Gasteiger charge is 2.34. The SMILES string of the molecule is CCN(C(=O)N1CC(CC(=O)O)C1)c1cccc(F)c1. The molecule has 0 saturated carbocycles. The van der Waals surface area contributed by atoms with Crippen molar-refractivity contribution in [1.29, 1.82) is 0 Å². The first-order valence-electron chi connectivity index (χ1n) is 6.55. The maximum Gasteiger partial charge on any atom is 0.324 e. The van der Waals surface area contributed by atoms with Gasteiger partial charge in [-0.05, 0) is 25.1 Å². The lowest BCUT2D eigenvalue weighted by Gasteiger charge is -2.41. The molecule has 1 N–H and O–H groups in total. The number of hydrogen-bond donors (Lipinski definition) is 1. The van der Waals surface area contributed by atoms with Crippen LogP contribution in [-0.2, 0) is 4.79 Å². The van der Waals surface area contributed by atoms with Gasteiger partial charge in [-0.15, -0.1) is 0 Å². The molecular weight excluding hydrogens is 263 g/mol. The van der Waals surface area contributed by atoms with E-state index in [9.17, 15) is 14.0 Å². The van der Waals surface area contributed by atoms with E-state index in [-0.39, 0.29) is 24.2 Å². The average Bonchev–Trinajstić information content (AvgIpc) is 2.34. The number of rotatable bonds is 4. The van der Waals surface area contributed by atoms with Crippen LogP contribution in [0.3, 0.4) is 0 Å². The van der Waals surface area contributed by atoms with Gasteiger partial charge in [0.25, 0.3) is 0 Å². The Morgan fingerprint density at radius 2 is 2.15 bits per heavy atom. The van der Waals surface area contributed by atoms with Crippen LogP contribution in [0.2, 0.25) is 0 Å². The number of carbonyl (C=O) groups excluding carboxylic acids is 1. The largest absolute Gasteiger partial charge is 0.481 e. The van der Waals surface area contributed by atoms with Crippen LogP contribution in [0, 0.1) is 11.7 Å². The van der Waals surface area contributed by atoms with Gasteiger partial charge in [-0.2, -0.15) is 0 Å². The molecular formula is C14H17FN2O3. The number of halogens is 1. The van der Waals surface area contributed by atoms with Crippen molar-refractivity contribution in [2.75, 3.05) is 24.5 Å². The zero-order valence-electron chi connectivity index (χ0n) is 11.3. The maximum atomic E-state index is 13.2. The second-order valence-electron chi connectivity index (χ2n) is 4.88. The molecule has 1 aromatic carbocycles. The summed E-state index contributed by atoms with van der Waals surface area (Å²) >= 11 is 0. The van der Waals surface area contributed by atoms with Gasteiger partial charge in [0.2, 0.25) is 0 Å². The topological polar surface area (TPSA) is 60.9 Å². The number of anilines is 1. The number of carboxylic acids is 1. The smallest absolute Gasteiger partial charge is 0.324 e. The van der Waals surface area contributed by atoms with E-state index in [0.29, 0.717) is 25.3 Å². The summed E-state index contributed by atoms with van der Waals surface area (Å²) in [5.74, 6) is -1.22. The molecule has 0 aromatic heterocycles. The van der Waals surface area contributed by atoms with Gasteiger partial charge in [0, 0.05) is 31.2 Å². The molecule has 0 atom stereocenters. The lowest BCUT2D eigenvalue weighted by Crippen LogP contribution is -2.55. The molecule has 1 aliphatic heterocycles. The first-order chi connectivity index (χ1) is 9.51. The fraction of sp³-hybridized carbons (Fsp3) is 0.429. The molecule has 1 saturated heterocycles. The summed E-state index contributed by atoms with van der Waals surface area (Å²) in [5.41, 5.74) is 0.513. The van der Waals surface area contributed by atoms with Gasteiger partial charge in [0.15, 0.2) is 0 Å². The molecule has 0 aliphatic carbocycles. The third kappa shape index (κ3) is 3.07. The van der Waals surface area contributed by atoms with Crippen LogP contribution in [0.15, 0.2) is 24.3 Å². The molecule has 1 heterocycles. The molecule has 108 valence electrons. The van der Waals surface area contributed by atoms with Gasteiger partial charge in [-0.1, -0.05) is 6.07 Å². The van der Waals surface area contributed by atoms with Gasteiger partial charge < -0.3 is 10.0 Å². The third-order valence-electron chi connectivity index (χ3n) is 3.36. The maximum absolute atomic E-state index is 13.2. The number of carbonyl (C=O) groups is 2. The number of likely N-dealkylation sites (tertiary alicyclic amines) is 1. The van der Waals surface area contributed by atoms with E-state index in [0.717, 1.165) is 0 Å². The van der Waals surface area contributed by atoms with Crippen molar-refractivity contribution < 1.29 is 19.1 Å². The Bertz CT molecular complexity index is 515. The number of aliphatic carboxylic acids is 1. The zero-order valence-corrected chi connectivity index (χ0v) is 11.3. The van der Waals surface area contributed by atoms with Crippen molar-refractivity contribution in [1.82, 2.24) is 4.90 Å². The van der Waals surface area contributed by atoms with Gasteiger partial charge in [0.1, 0.15) is 5.82 Å². The first kappa shape index (κ1) is 14.3. The van der Waals surface area contributed by atoms with Crippen molar-refractivity contribution in [3.05, 3.63) is 30.1 Å². The molecule has 1 fully saturated rings. The number of benzene rings is 1. The Kier molecular flexibility index (Phi) is 4.22. The van der Waals surface area contributed by atoms with E-state index in [1.165, 1.54) is 17.0 Å². The summed E-state index contributed by atoms with van der Waals surface area (Å²) in [6, 6.07) is 5.67. The summed E-state index contributed by atoms with van der Waals surface area (Å²) < 4.78 is 13.2. The quantitative estimate of drug-likeness (QED) is 0.919. The van der Waals surface area contributed by atoms with E-state index < -0.39 is 5.97 Å². The Labute approximate surface area is 116 Å². The molecule has 1 aliphatic rings. The third-order valence-corrected chi connectivity index (χ3v) is 3.36. The standard InChI is InChI=1S/C14H17FN2O3/c1-2-17(12-5-3-4-11(15)7-12)14(20)16-8-10(9-16)6-13(18)19/h3-5,7,10H,2,6,8-9H2,1H3,(H,18,19). The van der Waals surface area contributed by atoms with E-state index in [4.69, 9.17) is 5.11 Å². The minimum atomic E-state index is -0.848. The second kappa shape index (κ2) is 5.90. The lowest BCUT2D eigenvalue weighted by atomic mass is 9.97. The minimum Gasteiger partial charge on any atom is -0.481 e. The van der Waals surface area contributed by atoms with Crippen LogP contribution in [-0.4, -0.2) is 41.6 Å². The highest BCUT2D eigenvalue weighted by atomic mass is 19.1. The van der Waals surface area contributed by atoms with Crippen molar-refractivity contribution in [2.45, 2.75) is 13.3 Å². The summed E-state index contributed by atoms with van der Waals surface area (Å²) in [5, 5.41) is 8.68. The molecule has 0 radical (unpaired) electrons. The number of urea groups is 1. The number of hydrogen-bond acceptors (Lipinski definition) is 2. The zero-order chi connectivity index (χ0) is 14.7. The number of carboxylic acid groups (broad SMARTS) is 1. The highest BCUT2D eigenvalue weighted by molar-refractivity contribution is 5.92. The molecule has 20 heavy (non-hydrogen) atoms. The molecule has 0 unspecified atom stereocenters. The van der Waals surface area contributed by atoms with Crippen LogP contribution in [0.25, 0.3) is 0 Å². The van der Waals surface area contributed by atoms with Crippen LogP contribution in [0.1, 0.15) is 13.3 Å². The van der Waals surface area contributed by atoms with Crippen molar-refractivity contribution >= 4 is 17.7 Å². The minimum absolute atomic E-state index is 0.0164. The Morgan fingerprint density at radius 3 is 2.70 bits per heavy atom. The van der Waals surface area contributed by atoms with Crippen LogP contribution in [0.5, 0.6) is 0 Å². The second-order valence-corrected chi connectivity index (χ2v) is 4.88. The monoisotopic (exact) mass is 280 g/mol. The Hall–Kier alpha value is -2.11. The van der Waals surface area contributed by atoms with Gasteiger partial charge in [0.05, 0.1) is 6.42 Å². The Morgan fingerprint density at radius 1 is 1.45 bits per heavy atom. The predicted molar refractivity (Wildman–Crippen MR) is 72.1 cm³/mol.